The van der Waals surface area contributed by atoms with E-state index in [9.17, 15) is 13.2 Å². The Kier molecular flexibility index (Phi) is 7.36. The Morgan fingerprint density at radius 1 is 1.00 bits per heavy atom. The number of amides is 1. The molecule has 0 radical (unpaired) electrons. The van der Waals surface area contributed by atoms with Crippen LogP contribution < -0.4 is 10.0 Å². The summed E-state index contributed by atoms with van der Waals surface area (Å²) in [6.07, 6.45) is 2.35. The fourth-order valence-electron chi connectivity index (χ4n) is 3.85. The Bertz CT molecular complexity index is 1130. The molecule has 0 spiro atoms. The molecule has 4 rings (SSSR count). The monoisotopic (exact) mass is 469 g/mol. The third-order valence-corrected chi connectivity index (χ3v) is 7.85. The molecule has 2 aromatic carbocycles. The van der Waals surface area contributed by atoms with E-state index < -0.39 is 10.0 Å². The van der Waals surface area contributed by atoms with Crippen LogP contribution in [0.3, 0.4) is 0 Å². The Labute approximate surface area is 193 Å². The number of likely N-dealkylation sites (tertiary alicyclic amines) is 1. The van der Waals surface area contributed by atoms with Crippen LogP contribution in [0, 0.1) is 0 Å². The number of carbonyl (C=O) groups is 1. The third kappa shape index (κ3) is 5.83. The van der Waals surface area contributed by atoms with E-state index >= 15 is 0 Å². The van der Waals surface area contributed by atoms with Crippen molar-refractivity contribution in [2.45, 2.75) is 30.3 Å². The summed E-state index contributed by atoms with van der Waals surface area (Å²) in [6.45, 7) is 3.02. The van der Waals surface area contributed by atoms with Gasteiger partial charge in [-0.05, 0) is 61.1 Å². The van der Waals surface area contributed by atoms with E-state index in [2.05, 4.69) is 14.9 Å². The minimum atomic E-state index is -3.72. The molecule has 1 fully saturated rings. The number of rotatable bonds is 9. The summed E-state index contributed by atoms with van der Waals surface area (Å²) in [5.74, 6) is -0.284. The number of carbonyl (C=O) groups excluding carboxylic acids is 1. The molecule has 1 aliphatic rings. The van der Waals surface area contributed by atoms with Gasteiger partial charge in [-0.3, -0.25) is 4.79 Å². The first kappa shape index (κ1) is 22.7. The van der Waals surface area contributed by atoms with E-state index in [1.54, 1.807) is 12.1 Å². The molecule has 0 aliphatic carbocycles. The van der Waals surface area contributed by atoms with Crippen LogP contribution in [0.25, 0.3) is 0 Å². The molecule has 0 saturated carbocycles. The van der Waals surface area contributed by atoms with Crippen molar-refractivity contribution < 1.29 is 13.2 Å². The molecule has 6 nitrogen and oxygen atoms in total. The second-order valence-electron chi connectivity index (χ2n) is 7.88. The van der Waals surface area contributed by atoms with Gasteiger partial charge in [-0.2, -0.15) is 0 Å². The van der Waals surface area contributed by atoms with Gasteiger partial charge in [0.2, 0.25) is 10.0 Å². The lowest BCUT2D eigenvalue weighted by Gasteiger charge is -2.25. The molecule has 1 aliphatic heterocycles. The molecule has 0 bridgehead atoms. The standard InChI is InChI=1S/C24H27N3O3S2/c28-24(26-23(18-27-13-4-5-14-27)19-8-2-1-3-9-19)20-10-6-12-22(16-20)32(29,30)25-17-21-11-7-15-31-21/h1-3,6-12,15-16,23,25H,4-5,13-14,17-18H2,(H,26,28). The summed E-state index contributed by atoms with van der Waals surface area (Å²) in [5.41, 5.74) is 1.36. The topological polar surface area (TPSA) is 78.5 Å². The van der Waals surface area contributed by atoms with Gasteiger partial charge in [0.1, 0.15) is 0 Å². The average molecular weight is 470 g/mol. The Hall–Kier alpha value is -2.52. The first-order valence-corrected chi connectivity index (χ1v) is 13.1. The van der Waals surface area contributed by atoms with E-state index in [1.807, 2.05) is 47.8 Å². The molecule has 1 saturated heterocycles. The predicted molar refractivity (Wildman–Crippen MR) is 127 cm³/mol. The third-order valence-electron chi connectivity index (χ3n) is 5.57. The number of hydrogen-bond acceptors (Lipinski definition) is 5. The van der Waals surface area contributed by atoms with Gasteiger partial charge < -0.3 is 10.2 Å². The predicted octanol–water partition coefficient (Wildman–Crippen LogP) is 3.79. The lowest BCUT2D eigenvalue weighted by molar-refractivity contribution is 0.0927. The lowest BCUT2D eigenvalue weighted by Crippen LogP contribution is -2.37. The first-order chi connectivity index (χ1) is 15.5. The van der Waals surface area contributed by atoms with E-state index in [-0.39, 0.29) is 23.4 Å². The van der Waals surface area contributed by atoms with Crippen LogP contribution in [0.5, 0.6) is 0 Å². The van der Waals surface area contributed by atoms with Crippen molar-refractivity contribution in [3.63, 3.8) is 0 Å². The highest BCUT2D eigenvalue weighted by Gasteiger charge is 2.22. The van der Waals surface area contributed by atoms with Crippen molar-refractivity contribution in [2.75, 3.05) is 19.6 Å². The zero-order chi connectivity index (χ0) is 22.4. The summed E-state index contributed by atoms with van der Waals surface area (Å²) in [7, 11) is -3.72. The minimum Gasteiger partial charge on any atom is -0.344 e. The van der Waals surface area contributed by atoms with Crippen molar-refractivity contribution in [1.82, 2.24) is 14.9 Å². The Morgan fingerprint density at radius 2 is 1.78 bits per heavy atom. The first-order valence-electron chi connectivity index (χ1n) is 10.7. The normalized spacial score (nSPS) is 15.5. The van der Waals surface area contributed by atoms with Gasteiger partial charge in [0.25, 0.3) is 5.91 Å². The molecule has 32 heavy (non-hydrogen) atoms. The molecular weight excluding hydrogens is 442 g/mol. The van der Waals surface area contributed by atoms with Gasteiger partial charge in [0, 0.05) is 23.5 Å². The van der Waals surface area contributed by atoms with Gasteiger partial charge in [-0.15, -0.1) is 11.3 Å². The van der Waals surface area contributed by atoms with Crippen molar-refractivity contribution in [2.24, 2.45) is 0 Å². The maximum Gasteiger partial charge on any atom is 0.251 e. The van der Waals surface area contributed by atoms with Crippen LogP contribution in [-0.4, -0.2) is 38.9 Å². The smallest absolute Gasteiger partial charge is 0.251 e. The number of nitrogens with zero attached hydrogens (tertiary/aromatic N) is 1. The average Bonchev–Trinajstić information content (AvgIpc) is 3.52. The summed E-state index contributed by atoms with van der Waals surface area (Å²) in [5, 5.41) is 5.02. The molecule has 3 aromatic rings. The molecular formula is C24H27N3O3S2. The van der Waals surface area contributed by atoms with Gasteiger partial charge >= 0.3 is 0 Å². The minimum absolute atomic E-state index is 0.0810. The van der Waals surface area contributed by atoms with Crippen molar-refractivity contribution >= 4 is 27.3 Å². The summed E-state index contributed by atoms with van der Waals surface area (Å²) in [4.78, 5) is 16.4. The molecule has 1 atom stereocenters. The van der Waals surface area contributed by atoms with Crippen LogP contribution >= 0.6 is 11.3 Å². The van der Waals surface area contributed by atoms with Crippen LogP contribution in [-0.2, 0) is 16.6 Å². The van der Waals surface area contributed by atoms with E-state index in [0.717, 1.165) is 30.1 Å². The van der Waals surface area contributed by atoms with E-state index in [4.69, 9.17) is 0 Å². The fourth-order valence-corrected chi connectivity index (χ4v) is 5.64. The number of sulfonamides is 1. The van der Waals surface area contributed by atoms with Crippen LogP contribution in [0.15, 0.2) is 77.0 Å². The molecule has 2 heterocycles. The zero-order valence-electron chi connectivity index (χ0n) is 17.7. The van der Waals surface area contributed by atoms with Crippen molar-refractivity contribution in [3.05, 3.63) is 88.1 Å². The number of nitrogens with one attached hydrogen (secondary N) is 2. The molecule has 8 heteroatoms. The molecule has 1 aromatic heterocycles. The van der Waals surface area contributed by atoms with Crippen LogP contribution in [0.4, 0.5) is 0 Å². The summed E-state index contributed by atoms with van der Waals surface area (Å²) < 4.78 is 28.1. The highest BCUT2D eigenvalue weighted by molar-refractivity contribution is 7.89. The molecule has 1 amide bonds. The molecule has 1 unspecified atom stereocenters. The summed E-state index contributed by atoms with van der Waals surface area (Å²) >= 11 is 1.49. The van der Waals surface area contributed by atoms with Crippen LogP contribution in [0.2, 0.25) is 0 Å². The number of thiophene rings is 1. The van der Waals surface area contributed by atoms with Gasteiger partial charge in [0.15, 0.2) is 0 Å². The summed E-state index contributed by atoms with van der Waals surface area (Å²) in [6, 6.07) is 19.7. The van der Waals surface area contributed by atoms with Crippen LogP contribution in [0.1, 0.15) is 39.7 Å². The number of benzene rings is 2. The largest absolute Gasteiger partial charge is 0.344 e. The molecule has 2 N–H and O–H groups in total. The quantitative estimate of drug-likeness (QED) is 0.500. The van der Waals surface area contributed by atoms with E-state index in [0.29, 0.717) is 5.56 Å². The Morgan fingerprint density at radius 3 is 2.50 bits per heavy atom. The highest BCUT2D eigenvalue weighted by Crippen LogP contribution is 2.19. The van der Waals surface area contributed by atoms with Gasteiger partial charge in [-0.1, -0.05) is 42.5 Å². The second-order valence-corrected chi connectivity index (χ2v) is 10.7. The second kappa shape index (κ2) is 10.4. The van der Waals surface area contributed by atoms with Crippen molar-refractivity contribution in [3.8, 4) is 0 Å². The SMILES string of the molecule is O=C(NC(CN1CCCC1)c1ccccc1)c1cccc(S(=O)(=O)NCc2cccs2)c1. The molecule has 168 valence electrons. The maximum atomic E-state index is 13.1. The van der Waals surface area contributed by atoms with Gasteiger partial charge in [0.05, 0.1) is 10.9 Å². The fraction of sp³-hybridized carbons (Fsp3) is 0.292. The highest BCUT2D eigenvalue weighted by atomic mass is 32.2. The zero-order valence-corrected chi connectivity index (χ0v) is 19.4. The maximum absolute atomic E-state index is 13.1. The number of hydrogen-bond donors (Lipinski definition) is 2. The Balaban J connectivity index is 1.49. The lowest BCUT2D eigenvalue weighted by atomic mass is 10.1. The van der Waals surface area contributed by atoms with Gasteiger partial charge in [-0.25, -0.2) is 13.1 Å². The van der Waals surface area contributed by atoms with Crippen molar-refractivity contribution in [1.29, 1.82) is 0 Å². The van der Waals surface area contributed by atoms with E-state index in [1.165, 1.54) is 36.3 Å².